The van der Waals surface area contributed by atoms with Gasteiger partial charge in [0.05, 0.1) is 0 Å². The van der Waals surface area contributed by atoms with E-state index in [1.165, 1.54) is 37.3 Å². The van der Waals surface area contributed by atoms with Crippen molar-refractivity contribution in [3.05, 3.63) is 17.5 Å². The summed E-state index contributed by atoms with van der Waals surface area (Å²) in [6.45, 7) is 7.15. The quantitative estimate of drug-likeness (QED) is 0.665. The van der Waals surface area contributed by atoms with Crippen molar-refractivity contribution in [1.82, 2.24) is 14.5 Å². The van der Waals surface area contributed by atoms with Crippen molar-refractivity contribution in [3.8, 4) is 0 Å². The number of likely N-dealkylation sites (tertiary alicyclic amines) is 1. The monoisotopic (exact) mass is 413 g/mol. The molecule has 3 heterocycles. The molecule has 3 rings (SSSR count). The van der Waals surface area contributed by atoms with E-state index in [9.17, 15) is 13.2 Å². The van der Waals surface area contributed by atoms with Crippen molar-refractivity contribution in [3.63, 3.8) is 0 Å². The maximum absolute atomic E-state index is 12.6. The summed E-state index contributed by atoms with van der Waals surface area (Å²) in [4.78, 5) is 14.9. The van der Waals surface area contributed by atoms with E-state index in [2.05, 4.69) is 10.2 Å². The van der Waals surface area contributed by atoms with E-state index in [-0.39, 0.29) is 17.7 Å². The topological polar surface area (TPSA) is 69.7 Å². The molecule has 0 aromatic carbocycles. The van der Waals surface area contributed by atoms with Crippen LogP contribution in [0.3, 0.4) is 0 Å². The second-order valence-corrected chi connectivity index (χ2v) is 10.8. The number of sulfonamides is 1. The fourth-order valence-corrected chi connectivity index (χ4v) is 6.66. The summed E-state index contributed by atoms with van der Waals surface area (Å²) < 4.78 is 27.2. The van der Waals surface area contributed by atoms with E-state index in [1.54, 1.807) is 21.8 Å². The van der Waals surface area contributed by atoms with Gasteiger partial charge < -0.3 is 10.2 Å². The Bertz CT molecular complexity index is 692. The molecule has 0 spiro atoms. The average molecular weight is 414 g/mol. The van der Waals surface area contributed by atoms with E-state index in [0.29, 0.717) is 17.3 Å². The van der Waals surface area contributed by atoms with Crippen LogP contribution in [-0.2, 0) is 14.8 Å². The first-order chi connectivity index (χ1) is 13.0. The fourth-order valence-electron chi connectivity index (χ4n) is 4.05. The highest BCUT2D eigenvalue weighted by atomic mass is 32.2. The molecular weight excluding hydrogens is 382 g/mol. The highest BCUT2D eigenvalue weighted by Crippen LogP contribution is 2.29. The van der Waals surface area contributed by atoms with Crippen LogP contribution in [0.4, 0.5) is 0 Å². The molecule has 1 N–H and O–H groups in total. The van der Waals surface area contributed by atoms with Gasteiger partial charge in [-0.15, -0.1) is 11.3 Å². The molecule has 0 radical (unpaired) electrons. The van der Waals surface area contributed by atoms with Crippen LogP contribution in [0.5, 0.6) is 0 Å². The van der Waals surface area contributed by atoms with E-state index in [1.807, 2.05) is 6.92 Å². The van der Waals surface area contributed by atoms with Crippen LogP contribution < -0.4 is 5.32 Å². The molecule has 0 bridgehead atoms. The van der Waals surface area contributed by atoms with Crippen LogP contribution in [-0.4, -0.2) is 62.8 Å². The smallest absolute Gasteiger partial charge is 0.252 e. The van der Waals surface area contributed by atoms with Gasteiger partial charge in [-0.3, -0.25) is 4.79 Å². The van der Waals surface area contributed by atoms with Gasteiger partial charge in [0, 0.05) is 25.6 Å². The largest absolute Gasteiger partial charge is 0.356 e. The van der Waals surface area contributed by atoms with Crippen LogP contribution in [0.1, 0.15) is 39.0 Å². The molecule has 2 aliphatic heterocycles. The predicted molar refractivity (Wildman–Crippen MR) is 108 cm³/mol. The maximum atomic E-state index is 12.6. The lowest BCUT2D eigenvalue weighted by atomic mass is 9.85. The normalized spacial score (nSPS) is 21.4. The zero-order valence-electron chi connectivity index (χ0n) is 16.1. The zero-order chi connectivity index (χ0) is 19.3. The fraction of sp³-hybridized carbons (Fsp3) is 0.737. The maximum Gasteiger partial charge on any atom is 0.252 e. The number of carbonyl (C=O) groups excluding carboxylic acids is 1. The van der Waals surface area contributed by atoms with Crippen molar-refractivity contribution in [1.29, 1.82) is 0 Å². The van der Waals surface area contributed by atoms with Gasteiger partial charge in [-0.2, -0.15) is 4.31 Å². The van der Waals surface area contributed by atoms with Crippen LogP contribution in [0.15, 0.2) is 21.7 Å². The van der Waals surface area contributed by atoms with Crippen molar-refractivity contribution >= 4 is 27.3 Å². The molecule has 152 valence electrons. The van der Waals surface area contributed by atoms with Gasteiger partial charge in [0.15, 0.2) is 0 Å². The molecule has 0 unspecified atom stereocenters. The second-order valence-electron chi connectivity index (χ2n) is 7.66. The van der Waals surface area contributed by atoms with Gasteiger partial charge in [0.1, 0.15) is 4.21 Å². The molecule has 2 aliphatic rings. The molecule has 1 aromatic heterocycles. The molecular formula is C19H31N3O3S2. The third kappa shape index (κ3) is 5.31. The van der Waals surface area contributed by atoms with Gasteiger partial charge in [0.2, 0.25) is 5.91 Å². The van der Waals surface area contributed by atoms with E-state index in [4.69, 9.17) is 0 Å². The summed E-state index contributed by atoms with van der Waals surface area (Å²) in [5.41, 5.74) is 0. The van der Waals surface area contributed by atoms with Gasteiger partial charge in [-0.25, -0.2) is 8.42 Å². The Hall–Kier alpha value is -0.960. The number of nitrogens with one attached hydrogen (secondary N) is 1. The van der Waals surface area contributed by atoms with Crippen LogP contribution in [0.25, 0.3) is 0 Å². The average Bonchev–Trinajstić information content (AvgIpc) is 3.38. The summed E-state index contributed by atoms with van der Waals surface area (Å²) in [7, 11) is -3.37. The number of piperidine rings is 1. The Morgan fingerprint density at radius 3 is 2.59 bits per heavy atom. The number of rotatable bonds is 8. The van der Waals surface area contributed by atoms with Crippen molar-refractivity contribution in [2.24, 2.45) is 11.8 Å². The molecule has 1 amide bonds. The number of hydrogen-bond acceptors (Lipinski definition) is 5. The first-order valence-electron chi connectivity index (χ1n) is 10.0. The number of thiophene rings is 1. The molecule has 2 fully saturated rings. The SMILES string of the molecule is C[C@H](C(=O)NCCCN1CCCC1)C1CCN(S(=O)(=O)c2cccs2)CC1. The lowest BCUT2D eigenvalue weighted by Gasteiger charge is -2.33. The number of carbonyl (C=O) groups is 1. The van der Waals surface area contributed by atoms with Gasteiger partial charge in [-0.05, 0) is 69.1 Å². The zero-order valence-corrected chi connectivity index (χ0v) is 17.7. The third-order valence-electron chi connectivity index (χ3n) is 5.86. The predicted octanol–water partition coefficient (Wildman–Crippen LogP) is 2.39. The Kier molecular flexibility index (Phi) is 7.30. The summed E-state index contributed by atoms with van der Waals surface area (Å²) in [6.07, 6.45) is 5.07. The van der Waals surface area contributed by atoms with Crippen LogP contribution >= 0.6 is 11.3 Å². The lowest BCUT2D eigenvalue weighted by Crippen LogP contribution is -2.42. The Morgan fingerprint density at radius 1 is 1.26 bits per heavy atom. The lowest BCUT2D eigenvalue weighted by molar-refractivity contribution is -0.126. The standard InChI is InChI=1S/C19H31N3O3S2/c1-16(19(23)20-9-5-12-21-10-2-3-11-21)17-7-13-22(14-8-17)27(24,25)18-6-4-15-26-18/h4,6,15-17H,2-3,5,7-14H2,1H3,(H,20,23)/t16-/m0/s1. The molecule has 0 saturated carbocycles. The van der Waals surface area contributed by atoms with Crippen LogP contribution in [0, 0.1) is 11.8 Å². The second kappa shape index (κ2) is 9.49. The number of amides is 1. The van der Waals surface area contributed by atoms with Crippen molar-refractivity contribution in [2.75, 3.05) is 39.3 Å². The Labute approximate surface area is 167 Å². The molecule has 1 aromatic rings. The van der Waals surface area contributed by atoms with Gasteiger partial charge in [0.25, 0.3) is 10.0 Å². The van der Waals surface area contributed by atoms with Gasteiger partial charge in [-0.1, -0.05) is 13.0 Å². The van der Waals surface area contributed by atoms with Crippen LogP contribution in [0.2, 0.25) is 0 Å². The molecule has 8 heteroatoms. The summed E-state index contributed by atoms with van der Waals surface area (Å²) >= 11 is 1.26. The van der Waals surface area contributed by atoms with E-state index < -0.39 is 10.0 Å². The minimum absolute atomic E-state index is 0.0663. The first-order valence-corrected chi connectivity index (χ1v) is 12.3. The summed E-state index contributed by atoms with van der Waals surface area (Å²) in [5.74, 6) is 0.290. The summed E-state index contributed by atoms with van der Waals surface area (Å²) in [5, 5.41) is 4.86. The highest BCUT2D eigenvalue weighted by molar-refractivity contribution is 7.91. The number of nitrogens with zero attached hydrogens (tertiary/aromatic N) is 2. The Morgan fingerprint density at radius 2 is 1.96 bits per heavy atom. The first kappa shape index (κ1) is 20.8. The minimum Gasteiger partial charge on any atom is -0.356 e. The Balaban J connectivity index is 1.39. The molecule has 0 aliphatic carbocycles. The third-order valence-corrected chi connectivity index (χ3v) is 9.13. The summed E-state index contributed by atoms with van der Waals surface area (Å²) in [6, 6.07) is 3.42. The van der Waals surface area contributed by atoms with E-state index >= 15 is 0 Å². The molecule has 6 nitrogen and oxygen atoms in total. The van der Waals surface area contributed by atoms with Crippen molar-refractivity contribution in [2.45, 2.75) is 43.2 Å². The van der Waals surface area contributed by atoms with Crippen molar-refractivity contribution < 1.29 is 13.2 Å². The minimum atomic E-state index is -3.37. The molecule has 2 saturated heterocycles. The van der Waals surface area contributed by atoms with Gasteiger partial charge >= 0.3 is 0 Å². The molecule has 1 atom stereocenters. The van der Waals surface area contributed by atoms with E-state index in [0.717, 1.165) is 32.4 Å². The number of hydrogen-bond donors (Lipinski definition) is 1. The highest BCUT2D eigenvalue weighted by Gasteiger charge is 2.33. The molecule has 27 heavy (non-hydrogen) atoms.